The number of nitrogens with one attached hydrogen (secondary N) is 1. The lowest BCUT2D eigenvalue weighted by atomic mass is 9.96. The van der Waals surface area contributed by atoms with Crippen LogP contribution in [0.25, 0.3) is 0 Å². The number of rotatable bonds is 0. The summed E-state index contributed by atoms with van der Waals surface area (Å²) in [7, 11) is 0. The first kappa shape index (κ1) is 8.51. The van der Waals surface area contributed by atoms with Gasteiger partial charge in [0.25, 0.3) is 0 Å². The van der Waals surface area contributed by atoms with Crippen LogP contribution in [0.4, 0.5) is 0 Å². The zero-order chi connectivity index (χ0) is 8.55. The summed E-state index contributed by atoms with van der Waals surface area (Å²) in [5, 5.41) is 3.47. The largest absolute Gasteiger partial charge is 0.310 e. The molecule has 0 aliphatic carbocycles. The lowest BCUT2D eigenvalue weighted by Crippen LogP contribution is -2.28. The molecule has 2 rings (SSSR count). The molecule has 1 aromatic rings. The van der Waals surface area contributed by atoms with Crippen LogP contribution < -0.4 is 5.32 Å². The summed E-state index contributed by atoms with van der Waals surface area (Å²) in [5.41, 5.74) is 3.03. The zero-order valence-electron chi connectivity index (χ0n) is 7.10. The van der Waals surface area contributed by atoms with Gasteiger partial charge in [-0.05, 0) is 59.7 Å². The van der Waals surface area contributed by atoms with Crippen molar-refractivity contribution in [2.75, 3.05) is 6.54 Å². The predicted molar refractivity (Wildman–Crippen MR) is 59.3 cm³/mol. The second kappa shape index (κ2) is 3.34. The average Bonchev–Trinajstić information content (AvgIpc) is 2.04. The van der Waals surface area contributed by atoms with Gasteiger partial charge in [-0.15, -0.1) is 0 Å². The minimum absolute atomic E-state index is 0.529. The van der Waals surface area contributed by atoms with Gasteiger partial charge >= 0.3 is 0 Å². The van der Waals surface area contributed by atoms with Gasteiger partial charge in [0.15, 0.2) is 0 Å². The van der Waals surface area contributed by atoms with Crippen LogP contribution in [-0.4, -0.2) is 6.54 Å². The van der Waals surface area contributed by atoms with E-state index in [9.17, 15) is 0 Å². The molecule has 1 N–H and O–H groups in total. The van der Waals surface area contributed by atoms with Gasteiger partial charge in [-0.25, -0.2) is 0 Å². The smallest absolute Gasteiger partial charge is 0.0305 e. The summed E-state index contributed by atoms with van der Waals surface area (Å²) in [4.78, 5) is 0. The molecule has 0 saturated carbocycles. The van der Waals surface area contributed by atoms with Gasteiger partial charge in [0, 0.05) is 9.61 Å². The van der Waals surface area contributed by atoms with Gasteiger partial charge in [-0.2, -0.15) is 0 Å². The number of hydrogen-bond acceptors (Lipinski definition) is 1. The Morgan fingerprint density at radius 2 is 2.33 bits per heavy atom. The third kappa shape index (κ3) is 1.38. The zero-order valence-corrected chi connectivity index (χ0v) is 9.26. The summed E-state index contributed by atoms with van der Waals surface area (Å²) in [6.07, 6.45) is 1.18. The van der Waals surface area contributed by atoms with Crippen LogP contribution in [0.3, 0.4) is 0 Å². The van der Waals surface area contributed by atoms with Gasteiger partial charge in [0.1, 0.15) is 0 Å². The first-order chi connectivity index (χ1) is 5.79. The predicted octanol–water partition coefficient (Wildman–Crippen LogP) is 2.50. The lowest BCUT2D eigenvalue weighted by Gasteiger charge is -2.24. The molecular formula is C10H12IN. The Morgan fingerprint density at radius 3 is 3.08 bits per heavy atom. The first-order valence-electron chi connectivity index (χ1n) is 4.29. The molecule has 0 saturated heterocycles. The normalized spacial score (nSPS) is 22.0. The SMILES string of the molecule is C[C@@H]1NCCc2cccc(I)c21. The Balaban J connectivity index is 2.53. The molecule has 0 aromatic heterocycles. The maximum atomic E-state index is 3.47. The molecule has 1 atom stereocenters. The quantitative estimate of drug-likeness (QED) is 0.716. The molecule has 0 radical (unpaired) electrons. The van der Waals surface area contributed by atoms with Crippen molar-refractivity contribution in [2.24, 2.45) is 0 Å². The molecule has 0 amide bonds. The average molecular weight is 273 g/mol. The van der Waals surface area contributed by atoms with E-state index in [1.807, 2.05) is 0 Å². The van der Waals surface area contributed by atoms with Crippen molar-refractivity contribution in [1.29, 1.82) is 0 Å². The Labute approximate surface area is 86.7 Å². The lowest BCUT2D eigenvalue weighted by molar-refractivity contribution is 0.538. The Morgan fingerprint density at radius 1 is 1.50 bits per heavy atom. The van der Waals surface area contributed by atoms with Crippen molar-refractivity contribution in [3.8, 4) is 0 Å². The third-order valence-corrected chi connectivity index (χ3v) is 3.36. The summed E-state index contributed by atoms with van der Waals surface area (Å²) in [6.45, 7) is 3.36. The van der Waals surface area contributed by atoms with E-state index in [0.29, 0.717) is 6.04 Å². The van der Waals surface area contributed by atoms with Gasteiger partial charge in [-0.3, -0.25) is 0 Å². The number of benzene rings is 1. The fourth-order valence-corrected chi connectivity index (χ4v) is 2.83. The number of fused-ring (bicyclic) bond motifs is 1. The van der Waals surface area contributed by atoms with E-state index in [2.05, 4.69) is 53.0 Å². The highest BCUT2D eigenvalue weighted by atomic mass is 127. The molecule has 0 bridgehead atoms. The Bertz CT molecular complexity index is 296. The van der Waals surface area contributed by atoms with Crippen LogP contribution in [0.2, 0.25) is 0 Å². The molecular weight excluding hydrogens is 261 g/mol. The molecule has 0 fully saturated rings. The molecule has 2 heteroatoms. The van der Waals surface area contributed by atoms with E-state index < -0.39 is 0 Å². The monoisotopic (exact) mass is 273 g/mol. The van der Waals surface area contributed by atoms with Crippen molar-refractivity contribution in [3.63, 3.8) is 0 Å². The summed E-state index contributed by atoms with van der Waals surface area (Å²) >= 11 is 2.42. The highest BCUT2D eigenvalue weighted by Crippen LogP contribution is 2.26. The van der Waals surface area contributed by atoms with Crippen LogP contribution in [0.15, 0.2) is 18.2 Å². The van der Waals surface area contributed by atoms with Crippen LogP contribution in [0.1, 0.15) is 24.1 Å². The molecule has 1 aromatic carbocycles. The fourth-order valence-electron chi connectivity index (χ4n) is 1.81. The molecule has 1 aliphatic heterocycles. The van der Waals surface area contributed by atoms with Gasteiger partial charge in [-0.1, -0.05) is 12.1 Å². The van der Waals surface area contributed by atoms with Crippen molar-refractivity contribution >= 4 is 22.6 Å². The molecule has 1 aliphatic rings. The van der Waals surface area contributed by atoms with Crippen LogP contribution in [0.5, 0.6) is 0 Å². The molecule has 0 spiro atoms. The van der Waals surface area contributed by atoms with E-state index in [0.717, 1.165) is 6.54 Å². The van der Waals surface area contributed by atoms with Gasteiger partial charge in [0.05, 0.1) is 0 Å². The van der Waals surface area contributed by atoms with Gasteiger partial charge < -0.3 is 5.32 Å². The Hall–Kier alpha value is -0.0900. The minimum Gasteiger partial charge on any atom is -0.310 e. The molecule has 1 nitrogen and oxygen atoms in total. The van der Waals surface area contributed by atoms with E-state index in [4.69, 9.17) is 0 Å². The van der Waals surface area contributed by atoms with E-state index in [1.165, 1.54) is 21.1 Å². The van der Waals surface area contributed by atoms with Crippen LogP contribution >= 0.6 is 22.6 Å². The third-order valence-electron chi connectivity index (χ3n) is 2.42. The first-order valence-corrected chi connectivity index (χ1v) is 5.37. The topological polar surface area (TPSA) is 12.0 Å². The van der Waals surface area contributed by atoms with E-state index >= 15 is 0 Å². The van der Waals surface area contributed by atoms with E-state index in [1.54, 1.807) is 0 Å². The van der Waals surface area contributed by atoms with Crippen molar-refractivity contribution < 1.29 is 0 Å². The fraction of sp³-hybridized carbons (Fsp3) is 0.400. The van der Waals surface area contributed by atoms with Crippen LogP contribution in [0, 0.1) is 3.57 Å². The maximum absolute atomic E-state index is 3.47. The van der Waals surface area contributed by atoms with E-state index in [-0.39, 0.29) is 0 Å². The number of hydrogen-bond donors (Lipinski definition) is 1. The Kier molecular flexibility index (Phi) is 2.37. The molecule has 12 heavy (non-hydrogen) atoms. The highest BCUT2D eigenvalue weighted by molar-refractivity contribution is 14.1. The summed E-state index contributed by atoms with van der Waals surface area (Å²) in [6, 6.07) is 7.11. The second-order valence-corrected chi connectivity index (χ2v) is 4.40. The van der Waals surface area contributed by atoms with Crippen molar-refractivity contribution in [3.05, 3.63) is 32.9 Å². The molecule has 0 unspecified atom stereocenters. The van der Waals surface area contributed by atoms with Gasteiger partial charge in [0.2, 0.25) is 0 Å². The van der Waals surface area contributed by atoms with Crippen molar-refractivity contribution in [1.82, 2.24) is 5.32 Å². The minimum atomic E-state index is 0.529. The second-order valence-electron chi connectivity index (χ2n) is 3.24. The summed E-state index contributed by atoms with van der Waals surface area (Å²) < 4.78 is 1.39. The number of halogens is 1. The van der Waals surface area contributed by atoms with Crippen LogP contribution in [-0.2, 0) is 6.42 Å². The highest BCUT2D eigenvalue weighted by Gasteiger charge is 2.17. The van der Waals surface area contributed by atoms with Crippen molar-refractivity contribution in [2.45, 2.75) is 19.4 Å². The standard InChI is InChI=1S/C10H12IN/c1-7-10-8(5-6-12-7)3-2-4-9(10)11/h2-4,7,12H,5-6H2,1H3/t7-/m0/s1. The molecule has 1 heterocycles. The maximum Gasteiger partial charge on any atom is 0.0305 e. The summed E-state index contributed by atoms with van der Waals surface area (Å²) in [5.74, 6) is 0. The molecule has 64 valence electrons.